The average Bonchev–Trinajstić information content (AvgIpc) is 3.16. The molecule has 0 radical (unpaired) electrons. The first kappa shape index (κ1) is 17.5. The van der Waals surface area contributed by atoms with Gasteiger partial charge in [0.25, 0.3) is 0 Å². The lowest BCUT2D eigenvalue weighted by atomic mass is 10.1. The number of aryl methyl sites for hydroxylation is 1. The number of fused-ring (bicyclic) bond motifs is 1. The van der Waals surface area contributed by atoms with Crippen LogP contribution in [0.25, 0.3) is 6.08 Å². The summed E-state index contributed by atoms with van der Waals surface area (Å²) < 4.78 is 10.4. The van der Waals surface area contributed by atoms with Crippen LogP contribution < -0.4 is 5.32 Å². The van der Waals surface area contributed by atoms with Crippen molar-refractivity contribution in [3.05, 3.63) is 46.2 Å². The van der Waals surface area contributed by atoms with E-state index >= 15 is 0 Å². The number of furan rings is 1. The van der Waals surface area contributed by atoms with E-state index in [4.69, 9.17) is 9.15 Å². The molecule has 2 aromatic heterocycles. The number of anilines is 1. The Morgan fingerprint density at radius 3 is 2.92 bits per heavy atom. The van der Waals surface area contributed by atoms with Crippen LogP contribution in [-0.4, -0.2) is 18.5 Å². The number of thiophene rings is 1. The first-order valence-corrected chi connectivity index (χ1v) is 9.35. The van der Waals surface area contributed by atoms with Crippen LogP contribution in [0.4, 0.5) is 5.00 Å². The Kier molecular flexibility index (Phi) is 5.71. The zero-order valence-electron chi connectivity index (χ0n) is 14.2. The van der Waals surface area contributed by atoms with E-state index in [-0.39, 0.29) is 11.9 Å². The second-order valence-electron chi connectivity index (χ2n) is 5.83. The third-order valence-corrected chi connectivity index (χ3v) is 5.29. The molecule has 0 fully saturated rings. The number of hydrogen-bond donors (Lipinski definition) is 1. The maximum absolute atomic E-state index is 12.4. The molecule has 0 saturated carbocycles. The Hall–Kier alpha value is -2.34. The van der Waals surface area contributed by atoms with Gasteiger partial charge in [-0.3, -0.25) is 4.79 Å². The minimum Gasteiger partial charge on any atom is -0.465 e. The van der Waals surface area contributed by atoms with Crippen LogP contribution in [0.3, 0.4) is 0 Å². The standard InChI is InChI=1S/C19H21NO4S/c1-2-23-19(22)17-14-8-4-3-5-9-15(14)25-18(17)20-16(21)11-10-13-7-6-12-24-13/h6-7,10-12H,2-5,8-9H2,1H3,(H,20,21)/b11-10+. The first-order valence-electron chi connectivity index (χ1n) is 8.53. The molecule has 3 rings (SSSR count). The SMILES string of the molecule is CCOC(=O)c1c(NC(=O)/C=C/c2ccco2)sc2c1CCCCC2. The van der Waals surface area contributed by atoms with Gasteiger partial charge in [0, 0.05) is 11.0 Å². The number of carbonyl (C=O) groups is 2. The maximum Gasteiger partial charge on any atom is 0.341 e. The lowest BCUT2D eigenvalue weighted by molar-refractivity contribution is -0.111. The number of ether oxygens (including phenoxy) is 1. The van der Waals surface area contributed by atoms with E-state index < -0.39 is 0 Å². The Bertz CT molecular complexity index is 774. The van der Waals surface area contributed by atoms with Crippen molar-refractivity contribution in [1.82, 2.24) is 0 Å². The molecule has 132 valence electrons. The van der Waals surface area contributed by atoms with E-state index in [2.05, 4.69) is 5.32 Å². The highest BCUT2D eigenvalue weighted by Crippen LogP contribution is 2.38. The van der Waals surface area contributed by atoms with E-state index in [1.54, 1.807) is 31.4 Å². The molecule has 1 aliphatic carbocycles. The average molecular weight is 359 g/mol. The molecule has 1 N–H and O–H groups in total. The van der Waals surface area contributed by atoms with E-state index in [1.165, 1.54) is 22.3 Å². The Labute approximate surface area is 150 Å². The van der Waals surface area contributed by atoms with Crippen LogP contribution in [-0.2, 0) is 22.4 Å². The highest BCUT2D eigenvalue weighted by molar-refractivity contribution is 7.17. The quantitative estimate of drug-likeness (QED) is 0.487. The number of hydrogen-bond acceptors (Lipinski definition) is 5. The molecule has 1 aliphatic rings. The van der Waals surface area contributed by atoms with Gasteiger partial charge in [0.05, 0.1) is 18.4 Å². The lowest BCUT2D eigenvalue weighted by Gasteiger charge is -2.07. The lowest BCUT2D eigenvalue weighted by Crippen LogP contribution is -2.13. The molecule has 5 nitrogen and oxygen atoms in total. The topological polar surface area (TPSA) is 68.5 Å². The summed E-state index contributed by atoms with van der Waals surface area (Å²) in [5.74, 6) is -0.0479. The van der Waals surface area contributed by atoms with Gasteiger partial charge in [-0.1, -0.05) is 6.42 Å². The third kappa shape index (κ3) is 4.20. The van der Waals surface area contributed by atoms with E-state index in [0.29, 0.717) is 22.9 Å². The van der Waals surface area contributed by atoms with Crippen LogP contribution in [0.5, 0.6) is 0 Å². The molecule has 0 aliphatic heterocycles. The largest absolute Gasteiger partial charge is 0.465 e. The van der Waals surface area contributed by atoms with Crippen LogP contribution in [0, 0.1) is 0 Å². The van der Waals surface area contributed by atoms with Crippen LogP contribution in [0.2, 0.25) is 0 Å². The van der Waals surface area contributed by atoms with Crippen LogP contribution >= 0.6 is 11.3 Å². The van der Waals surface area contributed by atoms with Crippen molar-refractivity contribution in [3.8, 4) is 0 Å². The minimum absolute atomic E-state index is 0.293. The summed E-state index contributed by atoms with van der Waals surface area (Å²) in [5.41, 5.74) is 1.58. The van der Waals surface area contributed by atoms with Crippen molar-refractivity contribution in [2.45, 2.75) is 39.0 Å². The number of carbonyl (C=O) groups excluding carboxylic acids is 2. The van der Waals surface area contributed by atoms with Gasteiger partial charge in [0.2, 0.25) is 5.91 Å². The van der Waals surface area contributed by atoms with E-state index in [0.717, 1.165) is 37.7 Å². The van der Waals surface area contributed by atoms with Gasteiger partial charge in [-0.2, -0.15) is 0 Å². The zero-order chi connectivity index (χ0) is 17.6. The van der Waals surface area contributed by atoms with Crippen molar-refractivity contribution in [3.63, 3.8) is 0 Å². The molecule has 0 aromatic carbocycles. The van der Waals surface area contributed by atoms with Gasteiger partial charge < -0.3 is 14.5 Å². The Morgan fingerprint density at radius 2 is 2.16 bits per heavy atom. The van der Waals surface area contributed by atoms with Gasteiger partial charge in [0.1, 0.15) is 10.8 Å². The van der Waals surface area contributed by atoms with E-state index in [1.807, 2.05) is 0 Å². The molecule has 1 amide bonds. The molecule has 2 aromatic rings. The second kappa shape index (κ2) is 8.16. The highest BCUT2D eigenvalue weighted by atomic mass is 32.1. The normalized spacial score (nSPS) is 14.1. The number of amides is 1. The van der Waals surface area contributed by atoms with Crippen LogP contribution in [0.1, 0.15) is 52.7 Å². The first-order chi connectivity index (χ1) is 12.2. The van der Waals surface area contributed by atoms with E-state index in [9.17, 15) is 9.59 Å². The molecule has 0 bridgehead atoms. The summed E-state index contributed by atoms with van der Waals surface area (Å²) >= 11 is 1.49. The van der Waals surface area contributed by atoms with Crippen molar-refractivity contribution in [2.75, 3.05) is 11.9 Å². The predicted octanol–water partition coefficient (Wildman–Crippen LogP) is 4.44. The molecule has 2 heterocycles. The summed E-state index contributed by atoms with van der Waals surface area (Å²) in [4.78, 5) is 25.9. The smallest absolute Gasteiger partial charge is 0.341 e. The van der Waals surface area contributed by atoms with Gasteiger partial charge >= 0.3 is 5.97 Å². The maximum atomic E-state index is 12.4. The van der Waals surface area contributed by atoms with Gasteiger partial charge in [-0.25, -0.2) is 4.79 Å². The molecule has 0 atom stereocenters. The van der Waals surface area contributed by atoms with Gasteiger partial charge in [0.15, 0.2) is 0 Å². The molecule has 25 heavy (non-hydrogen) atoms. The second-order valence-corrected chi connectivity index (χ2v) is 6.93. The Morgan fingerprint density at radius 1 is 1.32 bits per heavy atom. The summed E-state index contributed by atoms with van der Waals surface area (Å²) in [6.07, 6.45) is 9.69. The van der Waals surface area contributed by atoms with Gasteiger partial charge in [-0.15, -0.1) is 11.3 Å². The summed E-state index contributed by atoms with van der Waals surface area (Å²) in [6.45, 7) is 2.10. The van der Waals surface area contributed by atoms with Crippen molar-refractivity contribution in [2.24, 2.45) is 0 Å². The molecular weight excluding hydrogens is 338 g/mol. The number of esters is 1. The number of rotatable bonds is 5. The molecular formula is C19H21NO4S. The Balaban J connectivity index is 1.84. The molecule has 0 spiro atoms. The summed E-state index contributed by atoms with van der Waals surface area (Å²) in [5, 5.41) is 3.42. The fourth-order valence-electron chi connectivity index (χ4n) is 2.95. The monoisotopic (exact) mass is 359 g/mol. The molecule has 6 heteroatoms. The highest BCUT2D eigenvalue weighted by Gasteiger charge is 2.26. The fraction of sp³-hybridized carbons (Fsp3) is 0.368. The summed E-state index contributed by atoms with van der Waals surface area (Å²) in [7, 11) is 0. The van der Waals surface area contributed by atoms with Crippen molar-refractivity contribution < 1.29 is 18.7 Å². The molecule has 0 saturated heterocycles. The molecule has 0 unspecified atom stereocenters. The van der Waals surface area contributed by atoms with Gasteiger partial charge in [-0.05, 0) is 56.4 Å². The fourth-order valence-corrected chi connectivity index (χ4v) is 4.23. The minimum atomic E-state index is -0.354. The summed E-state index contributed by atoms with van der Waals surface area (Å²) in [6, 6.07) is 3.52. The van der Waals surface area contributed by atoms with Crippen molar-refractivity contribution in [1.29, 1.82) is 0 Å². The van der Waals surface area contributed by atoms with Crippen LogP contribution in [0.15, 0.2) is 28.9 Å². The van der Waals surface area contributed by atoms with Crippen molar-refractivity contribution >= 4 is 34.3 Å². The number of nitrogens with one attached hydrogen (secondary N) is 1. The zero-order valence-corrected chi connectivity index (χ0v) is 15.0. The third-order valence-electron chi connectivity index (χ3n) is 4.08. The predicted molar refractivity (Wildman–Crippen MR) is 97.9 cm³/mol.